The second kappa shape index (κ2) is 3.69. The number of rotatable bonds is 3. The summed E-state index contributed by atoms with van der Waals surface area (Å²) in [5.74, 6) is 0. The molecular formula is C5H11BrO3S. The van der Waals surface area contributed by atoms with Crippen molar-refractivity contribution in [3.63, 3.8) is 0 Å². The molecule has 0 aromatic heterocycles. The van der Waals surface area contributed by atoms with Crippen LogP contribution >= 0.6 is 15.9 Å². The van der Waals surface area contributed by atoms with Gasteiger partial charge in [-0.2, -0.15) is 8.42 Å². The molecule has 0 fully saturated rings. The zero-order valence-corrected chi connectivity index (χ0v) is 8.31. The molecule has 10 heavy (non-hydrogen) atoms. The van der Waals surface area contributed by atoms with Crippen LogP contribution in [0, 0.1) is 0 Å². The van der Waals surface area contributed by atoms with Crippen LogP contribution in [0.5, 0.6) is 0 Å². The van der Waals surface area contributed by atoms with E-state index < -0.39 is 15.4 Å². The number of hydrogen-bond acceptors (Lipinski definition) is 2. The van der Waals surface area contributed by atoms with Gasteiger partial charge in [-0.05, 0) is 13.3 Å². The summed E-state index contributed by atoms with van der Waals surface area (Å²) in [7, 11) is -3.83. The van der Waals surface area contributed by atoms with E-state index >= 15 is 0 Å². The molecule has 0 aromatic rings. The van der Waals surface area contributed by atoms with E-state index in [4.69, 9.17) is 4.55 Å². The topological polar surface area (TPSA) is 54.4 Å². The first-order valence-electron chi connectivity index (χ1n) is 2.94. The fourth-order valence-electron chi connectivity index (χ4n) is 0.579. The van der Waals surface area contributed by atoms with Gasteiger partial charge < -0.3 is 0 Å². The number of hydrogen-bond donors (Lipinski definition) is 1. The van der Waals surface area contributed by atoms with Crippen LogP contribution < -0.4 is 0 Å². The molecule has 2 unspecified atom stereocenters. The van der Waals surface area contributed by atoms with Crippen molar-refractivity contribution in [1.29, 1.82) is 0 Å². The molecule has 0 aromatic carbocycles. The third kappa shape index (κ3) is 4.24. The lowest BCUT2D eigenvalue weighted by atomic mass is 10.3. The minimum atomic E-state index is -3.83. The van der Waals surface area contributed by atoms with Crippen LogP contribution in [-0.4, -0.2) is 23.0 Å². The zero-order chi connectivity index (χ0) is 8.36. The predicted octanol–water partition coefficient (Wildman–Crippen LogP) is 1.44. The van der Waals surface area contributed by atoms with Gasteiger partial charge >= 0.3 is 0 Å². The van der Waals surface area contributed by atoms with Gasteiger partial charge in [-0.1, -0.05) is 22.9 Å². The average molecular weight is 231 g/mol. The largest absolute Gasteiger partial charge is 0.285 e. The molecule has 0 saturated heterocycles. The first-order valence-corrected chi connectivity index (χ1v) is 5.36. The minimum absolute atomic E-state index is 0.115. The molecule has 1 N–H and O–H groups in total. The lowest BCUT2D eigenvalue weighted by Gasteiger charge is -2.08. The monoisotopic (exact) mass is 230 g/mol. The molecule has 0 rings (SSSR count). The van der Waals surface area contributed by atoms with Gasteiger partial charge in [-0.25, -0.2) is 0 Å². The molecule has 0 aliphatic heterocycles. The first kappa shape index (κ1) is 10.4. The average Bonchev–Trinajstić information content (AvgIpc) is 1.60. The van der Waals surface area contributed by atoms with Gasteiger partial charge in [0.25, 0.3) is 10.1 Å². The molecule has 5 heteroatoms. The third-order valence-electron chi connectivity index (χ3n) is 1.17. The SMILES string of the molecule is CC(Br)CC(C)S(=O)(=O)O. The molecule has 0 aliphatic rings. The highest BCUT2D eigenvalue weighted by molar-refractivity contribution is 9.09. The molecule has 3 nitrogen and oxygen atoms in total. The van der Waals surface area contributed by atoms with E-state index in [1.165, 1.54) is 6.92 Å². The fraction of sp³-hybridized carbons (Fsp3) is 1.00. The van der Waals surface area contributed by atoms with Crippen LogP contribution in [0.2, 0.25) is 0 Å². The van der Waals surface area contributed by atoms with E-state index in [1.54, 1.807) is 0 Å². The van der Waals surface area contributed by atoms with E-state index in [2.05, 4.69) is 15.9 Å². The normalized spacial score (nSPS) is 18.4. The van der Waals surface area contributed by atoms with E-state index in [1.807, 2.05) is 6.92 Å². The Morgan fingerprint density at radius 1 is 1.50 bits per heavy atom. The highest BCUT2D eigenvalue weighted by Crippen LogP contribution is 2.11. The summed E-state index contributed by atoms with van der Waals surface area (Å²) < 4.78 is 29.3. The second-order valence-corrected chi connectivity index (χ2v) is 5.74. The van der Waals surface area contributed by atoms with Gasteiger partial charge in [0.2, 0.25) is 0 Å². The van der Waals surface area contributed by atoms with Crippen LogP contribution in [0.3, 0.4) is 0 Å². The summed E-state index contributed by atoms with van der Waals surface area (Å²) in [5.41, 5.74) is 0. The van der Waals surface area contributed by atoms with Crippen LogP contribution in [0.1, 0.15) is 20.3 Å². The minimum Gasteiger partial charge on any atom is -0.285 e. The number of alkyl halides is 1. The predicted molar refractivity (Wildman–Crippen MR) is 44.0 cm³/mol. The van der Waals surface area contributed by atoms with Crippen LogP contribution in [-0.2, 0) is 10.1 Å². The van der Waals surface area contributed by atoms with Crippen molar-refractivity contribution in [3.05, 3.63) is 0 Å². The van der Waals surface area contributed by atoms with Crippen molar-refractivity contribution >= 4 is 26.0 Å². The summed E-state index contributed by atoms with van der Waals surface area (Å²) in [6.45, 7) is 3.31. The highest BCUT2D eigenvalue weighted by Gasteiger charge is 2.18. The Hall–Kier alpha value is 0.390. The number of halogens is 1. The quantitative estimate of drug-likeness (QED) is 0.590. The molecule has 0 amide bonds. The molecule has 0 spiro atoms. The van der Waals surface area contributed by atoms with E-state index in [0.717, 1.165) is 0 Å². The summed E-state index contributed by atoms with van der Waals surface area (Å²) in [4.78, 5) is 0.115. The Labute approximate surface area is 69.7 Å². The molecule has 2 atom stereocenters. The van der Waals surface area contributed by atoms with E-state index in [9.17, 15) is 8.42 Å². The maximum absolute atomic E-state index is 10.4. The smallest absolute Gasteiger partial charge is 0.267 e. The van der Waals surface area contributed by atoms with E-state index in [-0.39, 0.29) is 4.83 Å². The third-order valence-corrected chi connectivity index (χ3v) is 2.75. The van der Waals surface area contributed by atoms with Crippen LogP contribution in [0.25, 0.3) is 0 Å². The van der Waals surface area contributed by atoms with Gasteiger partial charge in [0.1, 0.15) is 0 Å². The summed E-state index contributed by atoms with van der Waals surface area (Å²) in [6.07, 6.45) is 0.429. The van der Waals surface area contributed by atoms with Gasteiger partial charge in [0.15, 0.2) is 0 Å². The van der Waals surface area contributed by atoms with Crippen molar-refractivity contribution in [2.24, 2.45) is 0 Å². The van der Waals surface area contributed by atoms with Gasteiger partial charge in [0.05, 0.1) is 5.25 Å². The summed E-state index contributed by atoms with van der Waals surface area (Å²) in [6, 6.07) is 0. The lowest BCUT2D eigenvalue weighted by molar-refractivity contribution is 0.466. The molecule has 0 aliphatic carbocycles. The van der Waals surface area contributed by atoms with Crippen molar-refractivity contribution in [2.75, 3.05) is 0 Å². The molecular weight excluding hydrogens is 220 g/mol. The molecule has 0 saturated carbocycles. The van der Waals surface area contributed by atoms with Crippen molar-refractivity contribution in [1.82, 2.24) is 0 Å². The fourth-order valence-corrected chi connectivity index (χ4v) is 1.92. The first-order chi connectivity index (χ1) is 4.34. The van der Waals surface area contributed by atoms with E-state index in [0.29, 0.717) is 6.42 Å². The van der Waals surface area contributed by atoms with Crippen LogP contribution in [0.4, 0.5) is 0 Å². The Bertz CT molecular complexity index is 185. The highest BCUT2D eigenvalue weighted by atomic mass is 79.9. The standard InChI is InChI=1S/C5H11BrO3S/c1-4(6)3-5(2)10(7,8)9/h4-5H,3H2,1-2H3,(H,7,8,9). The zero-order valence-electron chi connectivity index (χ0n) is 5.91. The van der Waals surface area contributed by atoms with Crippen molar-refractivity contribution < 1.29 is 13.0 Å². The van der Waals surface area contributed by atoms with Gasteiger partial charge in [-0.3, -0.25) is 4.55 Å². The molecule has 0 heterocycles. The Morgan fingerprint density at radius 3 is 2.00 bits per heavy atom. The Morgan fingerprint density at radius 2 is 1.90 bits per heavy atom. The van der Waals surface area contributed by atoms with Gasteiger partial charge in [0, 0.05) is 4.83 Å². The summed E-state index contributed by atoms with van der Waals surface area (Å²) in [5, 5.41) is -0.679. The Kier molecular flexibility index (Phi) is 3.83. The molecule has 0 radical (unpaired) electrons. The van der Waals surface area contributed by atoms with Crippen molar-refractivity contribution in [2.45, 2.75) is 30.3 Å². The second-order valence-electron chi connectivity index (χ2n) is 2.34. The Balaban J connectivity index is 3.99. The maximum Gasteiger partial charge on any atom is 0.267 e. The van der Waals surface area contributed by atoms with Crippen molar-refractivity contribution in [3.8, 4) is 0 Å². The molecule has 0 bridgehead atoms. The van der Waals surface area contributed by atoms with Gasteiger partial charge in [-0.15, -0.1) is 0 Å². The lowest BCUT2D eigenvalue weighted by Crippen LogP contribution is -2.19. The maximum atomic E-state index is 10.4. The molecule has 62 valence electrons. The van der Waals surface area contributed by atoms with Crippen LogP contribution in [0.15, 0.2) is 0 Å². The summed E-state index contributed by atoms with van der Waals surface area (Å²) >= 11 is 3.19.